The van der Waals surface area contributed by atoms with Gasteiger partial charge in [-0.1, -0.05) is 13.8 Å². The Bertz CT molecular complexity index is 183. The molecule has 1 aliphatic heterocycles. The predicted molar refractivity (Wildman–Crippen MR) is 41.8 cm³/mol. The molecule has 11 heavy (non-hydrogen) atoms. The van der Waals surface area contributed by atoms with E-state index in [0.717, 1.165) is 6.54 Å². The highest BCUT2D eigenvalue weighted by atomic mass is 16.3. The quantitative estimate of drug-likeness (QED) is 0.549. The van der Waals surface area contributed by atoms with Gasteiger partial charge in [-0.3, -0.25) is 4.90 Å². The number of aliphatic hydroxyl groups excluding tert-OH is 1. The minimum Gasteiger partial charge on any atom is -0.391 e. The Morgan fingerprint density at radius 1 is 1.73 bits per heavy atom. The number of nitrogens with zero attached hydrogens (tertiary/aromatic N) is 2. The van der Waals surface area contributed by atoms with Crippen LogP contribution in [0.25, 0.3) is 0 Å². The smallest absolute Gasteiger partial charge is 0.0867 e. The van der Waals surface area contributed by atoms with Crippen LogP contribution < -0.4 is 0 Å². The Morgan fingerprint density at radius 2 is 2.36 bits per heavy atom. The maximum absolute atomic E-state index is 9.50. The molecular formula is C8H14N2O. The molecule has 1 rings (SSSR count). The standard InChI is InChI=1S/C8H14N2O/c1-8(2)6-10(4-3-9)5-7(8)11/h7,11H,4-6H2,1-2H3. The molecule has 0 aromatic rings. The van der Waals surface area contributed by atoms with Crippen LogP contribution in [0.1, 0.15) is 13.8 Å². The predicted octanol–water partition coefficient (Wildman–Crippen LogP) is 0.213. The van der Waals surface area contributed by atoms with E-state index in [1.54, 1.807) is 0 Å². The Kier molecular flexibility index (Phi) is 2.17. The van der Waals surface area contributed by atoms with Crippen molar-refractivity contribution >= 4 is 0 Å². The fraction of sp³-hybridized carbons (Fsp3) is 0.875. The molecule has 0 radical (unpaired) electrons. The van der Waals surface area contributed by atoms with Gasteiger partial charge in [-0.25, -0.2) is 0 Å². The third kappa shape index (κ3) is 1.70. The second kappa shape index (κ2) is 2.80. The Balaban J connectivity index is 2.52. The van der Waals surface area contributed by atoms with Crippen LogP contribution in [0.5, 0.6) is 0 Å². The van der Waals surface area contributed by atoms with Crippen LogP contribution in [-0.2, 0) is 0 Å². The second-order valence-corrected chi connectivity index (χ2v) is 3.83. The number of hydrogen-bond donors (Lipinski definition) is 1. The van der Waals surface area contributed by atoms with Gasteiger partial charge in [0.1, 0.15) is 0 Å². The van der Waals surface area contributed by atoms with E-state index in [4.69, 9.17) is 5.26 Å². The molecule has 0 bridgehead atoms. The highest BCUT2D eigenvalue weighted by Crippen LogP contribution is 2.28. The van der Waals surface area contributed by atoms with Crippen molar-refractivity contribution in [2.45, 2.75) is 20.0 Å². The third-order valence-electron chi connectivity index (χ3n) is 2.26. The van der Waals surface area contributed by atoms with E-state index in [9.17, 15) is 5.11 Å². The first-order valence-electron chi connectivity index (χ1n) is 3.83. The molecule has 3 heteroatoms. The van der Waals surface area contributed by atoms with Crippen LogP contribution in [0, 0.1) is 16.7 Å². The lowest BCUT2D eigenvalue weighted by Gasteiger charge is -2.20. The molecule has 1 fully saturated rings. The molecule has 1 unspecified atom stereocenters. The number of rotatable bonds is 1. The minimum absolute atomic E-state index is 0.0448. The van der Waals surface area contributed by atoms with Crippen molar-refractivity contribution in [1.29, 1.82) is 5.26 Å². The molecule has 62 valence electrons. The van der Waals surface area contributed by atoms with Crippen molar-refractivity contribution in [1.82, 2.24) is 4.90 Å². The lowest BCUT2D eigenvalue weighted by molar-refractivity contribution is 0.0956. The van der Waals surface area contributed by atoms with E-state index in [1.807, 2.05) is 18.7 Å². The van der Waals surface area contributed by atoms with Crippen LogP contribution in [0.2, 0.25) is 0 Å². The molecule has 1 aliphatic rings. The van der Waals surface area contributed by atoms with Gasteiger partial charge >= 0.3 is 0 Å². The van der Waals surface area contributed by atoms with Crippen molar-refractivity contribution in [3.63, 3.8) is 0 Å². The summed E-state index contributed by atoms with van der Waals surface area (Å²) < 4.78 is 0. The number of nitriles is 1. The molecule has 0 aromatic carbocycles. The summed E-state index contributed by atoms with van der Waals surface area (Å²) in [5.74, 6) is 0. The largest absolute Gasteiger partial charge is 0.391 e. The van der Waals surface area contributed by atoms with Gasteiger partial charge in [0.05, 0.1) is 18.7 Å². The fourth-order valence-corrected chi connectivity index (χ4v) is 1.46. The molecular weight excluding hydrogens is 140 g/mol. The SMILES string of the molecule is CC1(C)CN(CC#N)CC1O. The van der Waals surface area contributed by atoms with Gasteiger partial charge in [0.2, 0.25) is 0 Å². The van der Waals surface area contributed by atoms with Crippen molar-refractivity contribution in [2.24, 2.45) is 5.41 Å². The first kappa shape index (κ1) is 8.51. The van der Waals surface area contributed by atoms with Gasteiger partial charge in [0.15, 0.2) is 0 Å². The molecule has 0 saturated carbocycles. The highest BCUT2D eigenvalue weighted by molar-refractivity contribution is 4.93. The summed E-state index contributed by atoms with van der Waals surface area (Å²) >= 11 is 0. The minimum atomic E-state index is -0.282. The van der Waals surface area contributed by atoms with Gasteiger partial charge in [0, 0.05) is 18.5 Å². The molecule has 1 heterocycles. The number of likely N-dealkylation sites (tertiary alicyclic amines) is 1. The number of β-amino-alcohol motifs (C(OH)–C–C–N with tert-alkyl or cyclic N) is 1. The second-order valence-electron chi connectivity index (χ2n) is 3.83. The molecule has 0 spiro atoms. The van der Waals surface area contributed by atoms with Crippen LogP contribution >= 0.6 is 0 Å². The summed E-state index contributed by atoms with van der Waals surface area (Å²) in [4.78, 5) is 1.98. The van der Waals surface area contributed by atoms with E-state index in [2.05, 4.69) is 6.07 Å². The van der Waals surface area contributed by atoms with E-state index >= 15 is 0 Å². The van der Waals surface area contributed by atoms with Crippen LogP contribution in [0.4, 0.5) is 0 Å². The molecule has 3 nitrogen and oxygen atoms in total. The third-order valence-corrected chi connectivity index (χ3v) is 2.26. The maximum Gasteiger partial charge on any atom is 0.0867 e. The van der Waals surface area contributed by atoms with E-state index in [1.165, 1.54) is 0 Å². The Hall–Kier alpha value is -0.590. The zero-order valence-corrected chi connectivity index (χ0v) is 7.04. The van der Waals surface area contributed by atoms with Gasteiger partial charge in [-0.2, -0.15) is 5.26 Å². The van der Waals surface area contributed by atoms with Gasteiger partial charge in [-0.15, -0.1) is 0 Å². The zero-order chi connectivity index (χ0) is 8.48. The van der Waals surface area contributed by atoms with E-state index in [-0.39, 0.29) is 11.5 Å². The van der Waals surface area contributed by atoms with Crippen molar-refractivity contribution in [3.8, 4) is 6.07 Å². The first-order chi connectivity index (χ1) is 5.06. The first-order valence-corrected chi connectivity index (χ1v) is 3.83. The zero-order valence-electron chi connectivity index (χ0n) is 7.04. The van der Waals surface area contributed by atoms with Crippen molar-refractivity contribution in [2.75, 3.05) is 19.6 Å². The lowest BCUT2D eigenvalue weighted by atomic mass is 9.90. The summed E-state index contributed by atoms with van der Waals surface area (Å²) in [5, 5.41) is 17.9. The average Bonchev–Trinajstić information content (AvgIpc) is 2.08. The van der Waals surface area contributed by atoms with Gasteiger partial charge in [-0.05, 0) is 0 Å². The van der Waals surface area contributed by atoms with Gasteiger partial charge < -0.3 is 5.11 Å². The highest BCUT2D eigenvalue weighted by Gasteiger charge is 2.37. The number of hydrogen-bond acceptors (Lipinski definition) is 3. The van der Waals surface area contributed by atoms with Crippen LogP contribution in [0.3, 0.4) is 0 Å². The summed E-state index contributed by atoms with van der Waals surface area (Å²) in [6.45, 7) is 5.94. The summed E-state index contributed by atoms with van der Waals surface area (Å²) in [6.07, 6.45) is -0.282. The van der Waals surface area contributed by atoms with Crippen LogP contribution in [-0.4, -0.2) is 35.7 Å². The van der Waals surface area contributed by atoms with Gasteiger partial charge in [0.25, 0.3) is 0 Å². The maximum atomic E-state index is 9.50. The Morgan fingerprint density at radius 3 is 2.73 bits per heavy atom. The van der Waals surface area contributed by atoms with E-state index < -0.39 is 0 Å². The Labute approximate surface area is 67.2 Å². The molecule has 0 aromatic heterocycles. The normalized spacial score (nSPS) is 30.2. The van der Waals surface area contributed by atoms with Crippen LogP contribution in [0.15, 0.2) is 0 Å². The topological polar surface area (TPSA) is 47.3 Å². The van der Waals surface area contributed by atoms with Crippen molar-refractivity contribution < 1.29 is 5.11 Å². The summed E-state index contributed by atoms with van der Waals surface area (Å²) in [6, 6.07) is 2.08. The molecule has 0 amide bonds. The average molecular weight is 154 g/mol. The lowest BCUT2D eigenvalue weighted by Crippen LogP contribution is -2.26. The van der Waals surface area contributed by atoms with Crippen molar-refractivity contribution in [3.05, 3.63) is 0 Å². The molecule has 1 atom stereocenters. The summed E-state index contributed by atoms with van der Waals surface area (Å²) in [7, 11) is 0. The van der Waals surface area contributed by atoms with E-state index in [0.29, 0.717) is 13.1 Å². The fourth-order valence-electron chi connectivity index (χ4n) is 1.46. The summed E-state index contributed by atoms with van der Waals surface area (Å²) in [5.41, 5.74) is -0.0448. The molecule has 0 aliphatic carbocycles. The molecule has 1 N–H and O–H groups in total. The molecule has 1 saturated heterocycles. The monoisotopic (exact) mass is 154 g/mol. The number of aliphatic hydroxyl groups is 1.